The van der Waals surface area contributed by atoms with Crippen LogP contribution in [0.15, 0.2) is 24.3 Å². The summed E-state index contributed by atoms with van der Waals surface area (Å²) in [7, 11) is 0. The zero-order valence-electron chi connectivity index (χ0n) is 12.1. The topological polar surface area (TPSA) is 64.7 Å². The Morgan fingerprint density at radius 2 is 1.89 bits per heavy atom. The van der Waals surface area contributed by atoms with E-state index in [1.807, 2.05) is 12.1 Å². The number of hydrogen-bond donors (Lipinski definition) is 2. The quantitative estimate of drug-likeness (QED) is 0.588. The first-order chi connectivity index (χ1) is 8.88. The van der Waals surface area contributed by atoms with E-state index in [0.717, 1.165) is 6.42 Å². The van der Waals surface area contributed by atoms with Crippen LogP contribution >= 0.6 is 0 Å². The molecule has 108 valence electrons. The van der Waals surface area contributed by atoms with Gasteiger partial charge in [-0.15, -0.1) is 0 Å². The van der Waals surface area contributed by atoms with Crippen molar-refractivity contribution in [3.05, 3.63) is 24.3 Å². The molecule has 0 fully saturated rings. The molecule has 0 bridgehead atoms. The van der Waals surface area contributed by atoms with Crippen LogP contribution in [0.1, 0.15) is 27.2 Å². The summed E-state index contributed by atoms with van der Waals surface area (Å²) in [6.45, 7) is 7.59. The van der Waals surface area contributed by atoms with Crippen molar-refractivity contribution < 1.29 is 14.6 Å². The Morgan fingerprint density at radius 3 is 2.53 bits per heavy atom. The number of ether oxygens (including phenoxy) is 2. The van der Waals surface area contributed by atoms with Crippen molar-refractivity contribution in [1.82, 2.24) is 0 Å². The molecule has 19 heavy (non-hydrogen) atoms. The van der Waals surface area contributed by atoms with Crippen molar-refractivity contribution in [1.29, 1.82) is 0 Å². The highest BCUT2D eigenvalue weighted by molar-refractivity contribution is 5.51. The van der Waals surface area contributed by atoms with E-state index >= 15 is 0 Å². The molecule has 0 amide bonds. The fourth-order valence-electron chi connectivity index (χ4n) is 1.44. The fraction of sp³-hybridized carbons (Fsp3) is 0.600. The van der Waals surface area contributed by atoms with Crippen molar-refractivity contribution in [2.75, 3.05) is 25.6 Å². The van der Waals surface area contributed by atoms with Crippen molar-refractivity contribution in [3.63, 3.8) is 0 Å². The van der Waals surface area contributed by atoms with Gasteiger partial charge in [-0.3, -0.25) is 0 Å². The Morgan fingerprint density at radius 1 is 1.21 bits per heavy atom. The molecule has 0 saturated heterocycles. The normalized spacial score (nSPS) is 13.3. The highest BCUT2D eigenvalue weighted by Gasteiger charge is 2.11. The average molecular weight is 267 g/mol. The van der Waals surface area contributed by atoms with Gasteiger partial charge < -0.3 is 20.3 Å². The van der Waals surface area contributed by atoms with Gasteiger partial charge in [0.05, 0.1) is 12.3 Å². The summed E-state index contributed by atoms with van der Waals surface area (Å²) in [5.41, 5.74) is 6.56. The summed E-state index contributed by atoms with van der Waals surface area (Å²) >= 11 is 0. The second kappa shape index (κ2) is 7.36. The summed E-state index contributed by atoms with van der Waals surface area (Å²) in [4.78, 5) is 0. The van der Waals surface area contributed by atoms with E-state index in [1.54, 1.807) is 12.1 Å². The lowest BCUT2D eigenvalue weighted by molar-refractivity contribution is 0.00539. The molecule has 4 heteroatoms. The van der Waals surface area contributed by atoms with Crippen LogP contribution in [0.4, 0.5) is 5.69 Å². The number of nitrogens with two attached hydrogens (primary N) is 1. The molecule has 1 rings (SSSR count). The minimum Gasteiger partial charge on any atom is -0.489 e. The Kier molecular flexibility index (Phi) is 6.12. The van der Waals surface area contributed by atoms with Crippen LogP contribution in [-0.4, -0.2) is 31.0 Å². The van der Waals surface area contributed by atoms with Crippen molar-refractivity contribution in [2.45, 2.75) is 33.3 Å². The average Bonchev–Trinajstić information content (AvgIpc) is 2.32. The van der Waals surface area contributed by atoms with Gasteiger partial charge in [-0.1, -0.05) is 32.9 Å². The van der Waals surface area contributed by atoms with Crippen molar-refractivity contribution in [3.8, 4) is 5.75 Å². The number of benzene rings is 1. The lowest BCUT2D eigenvalue weighted by Gasteiger charge is -2.19. The molecular formula is C15H25NO3. The van der Waals surface area contributed by atoms with Gasteiger partial charge in [0.2, 0.25) is 0 Å². The van der Waals surface area contributed by atoms with E-state index in [1.165, 1.54) is 0 Å². The lowest BCUT2D eigenvalue weighted by atomic mass is 9.93. The molecule has 0 spiro atoms. The van der Waals surface area contributed by atoms with Crippen LogP contribution in [0, 0.1) is 5.41 Å². The minimum atomic E-state index is -0.639. The number of nitrogen functional groups attached to an aromatic ring is 1. The molecular weight excluding hydrogens is 242 g/mol. The Bertz CT molecular complexity index is 374. The summed E-state index contributed by atoms with van der Waals surface area (Å²) in [5.74, 6) is 0.594. The molecule has 1 aromatic rings. The number of aliphatic hydroxyl groups is 1. The lowest BCUT2D eigenvalue weighted by Crippen LogP contribution is -2.24. The molecule has 0 heterocycles. The first-order valence-corrected chi connectivity index (χ1v) is 6.61. The highest BCUT2D eigenvalue weighted by Crippen LogP contribution is 2.20. The molecule has 0 aliphatic rings. The fourth-order valence-corrected chi connectivity index (χ4v) is 1.44. The van der Waals surface area contributed by atoms with E-state index in [9.17, 15) is 5.11 Å². The molecule has 4 nitrogen and oxygen atoms in total. The molecule has 1 aromatic carbocycles. The van der Waals surface area contributed by atoms with Gasteiger partial charge in [0, 0.05) is 6.61 Å². The maximum absolute atomic E-state index is 9.74. The van der Waals surface area contributed by atoms with E-state index in [4.69, 9.17) is 15.2 Å². The molecule has 3 N–H and O–H groups in total. The zero-order valence-corrected chi connectivity index (χ0v) is 12.1. The SMILES string of the molecule is CC(C)(C)CCOCC(O)COc1ccccc1N. The minimum absolute atomic E-state index is 0.184. The first-order valence-electron chi connectivity index (χ1n) is 6.61. The molecule has 0 aliphatic heterocycles. The second-order valence-corrected chi connectivity index (χ2v) is 5.89. The van der Waals surface area contributed by atoms with Crippen molar-refractivity contribution in [2.24, 2.45) is 5.41 Å². The predicted octanol–water partition coefficient (Wildman–Crippen LogP) is 2.46. The Balaban J connectivity index is 2.18. The van der Waals surface area contributed by atoms with Crippen LogP contribution in [0.3, 0.4) is 0 Å². The zero-order chi connectivity index (χ0) is 14.3. The molecule has 0 aromatic heterocycles. The van der Waals surface area contributed by atoms with Gasteiger partial charge in [0.25, 0.3) is 0 Å². The van der Waals surface area contributed by atoms with Crippen molar-refractivity contribution >= 4 is 5.69 Å². The first kappa shape index (κ1) is 15.8. The number of hydrogen-bond acceptors (Lipinski definition) is 4. The van der Waals surface area contributed by atoms with Gasteiger partial charge in [-0.2, -0.15) is 0 Å². The third kappa shape index (κ3) is 7.03. The Labute approximate surface area is 115 Å². The van der Waals surface area contributed by atoms with Gasteiger partial charge in [0.1, 0.15) is 18.5 Å². The number of aliphatic hydroxyl groups excluding tert-OH is 1. The van der Waals surface area contributed by atoms with Gasteiger partial charge in [-0.05, 0) is 24.0 Å². The smallest absolute Gasteiger partial charge is 0.142 e. The molecule has 0 radical (unpaired) electrons. The standard InChI is InChI=1S/C15H25NO3/c1-15(2,3)8-9-18-10-12(17)11-19-14-7-5-4-6-13(14)16/h4-7,12,17H,8-11,16H2,1-3H3. The van der Waals surface area contributed by atoms with E-state index < -0.39 is 6.10 Å². The van der Waals surface area contributed by atoms with Crippen LogP contribution in [0.2, 0.25) is 0 Å². The van der Waals surface area contributed by atoms with Gasteiger partial charge in [0.15, 0.2) is 0 Å². The Hall–Kier alpha value is -1.26. The maximum atomic E-state index is 9.74. The van der Waals surface area contributed by atoms with E-state index in [2.05, 4.69) is 20.8 Å². The van der Waals surface area contributed by atoms with Gasteiger partial charge >= 0.3 is 0 Å². The highest BCUT2D eigenvalue weighted by atomic mass is 16.5. The third-order valence-corrected chi connectivity index (χ3v) is 2.66. The predicted molar refractivity (Wildman–Crippen MR) is 77.2 cm³/mol. The van der Waals surface area contributed by atoms with Crippen LogP contribution in [-0.2, 0) is 4.74 Å². The third-order valence-electron chi connectivity index (χ3n) is 2.66. The number of rotatable bonds is 7. The summed E-state index contributed by atoms with van der Waals surface area (Å²) in [6, 6.07) is 7.23. The largest absolute Gasteiger partial charge is 0.489 e. The van der Waals surface area contributed by atoms with E-state index in [-0.39, 0.29) is 18.6 Å². The van der Waals surface area contributed by atoms with Crippen LogP contribution in [0.25, 0.3) is 0 Å². The van der Waals surface area contributed by atoms with Crippen LogP contribution in [0.5, 0.6) is 5.75 Å². The summed E-state index contributed by atoms with van der Waals surface area (Å²) in [6.07, 6.45) is 0.325. The van der Waals surface area contributed by atoms with Gasteiger partial charge in [-0.25, -0.2) is 0 Å². The molecule has 1 unspecified atom stereocenters. The molecule has 0 saturated carbocycles. The monoisotopic (exact) mass is 267 g/mol. The van der Waals surface area contributed by atoms with E-state index in [0.29, 0.717) is 18.0 Å². The number of para-hydroxylation sites is 2. The summed E-state index contributed by atoms with van der Waals surface area (Å²) < 4.78 is 10.9. The summed E-state index contributed by atoms with van der Waals surface area (Å²) in [5, 5.41) is 9.74. The molecule has 1 atom stereocenters. The van der Waals surface area contributed by atoms with Crippen LogP contribution < -0.4 is 10.5 Å². The number of anilines is 1. The maximum Gasteiger partial charge on any atom is 0.142 e. The second-order valence-electron chi connectivity index (χ2n) is 5.89. The molecule has 0 aliphatic carbocycles.